The number of nitrogens with one attached hydrogen (secondary N) is 2. The smallest absolute Gasteiger partial charge is 0.339 e. The minimum atomic E-state index is -1.13. The summed E-state index contributed by atoms with van der Waals surface area (Å²) >= 11 is 0. The van der Waals surface area contributed by atoms with Crippen molar-refractivity contribution < 1.29 is 28.6 Å². The molecule has 0 aliphatic heterocycles. The maximum Gasteiger partial charge on any atom is 0.339 e. The van der Waals surface area contributed by atoms with Crippen LogP contribution in [0.15, 0.2) is 21.3 Å². The lowest BCUT2D eigenvalue weighted by molar-refractivity contribution is -0.143. The molecule has 1 aromatic heterocycles. The van der Waals surface area contributed by atoms with Crippen LogP contribution in [-0.2, 0) is 27.2 Å². The van der Waals surface area contributed by atoms with Crippen LogP contribution in [0.1, 0.15) is 43.4 Å². The Morgan fingerprint density at radius 2 is 1.81 bits per heavy atom. The average Bonchev–Trinajstić information content (AvgIpc) is 2.73. The van der Waals surface area contributed by atoms with Gasteiger partial charge in [-0.25, -0.2) is 9.59 Å². The highest BCUT2D eigenvalue weighted by atomic mass is 16.5. The van der Waals surface area contributed by atoms with Crippen molar-refractivity contribution >= 4 is 28.8 Å². The van der Waals surface area contributed by atoms with Crippen molar-refractivity contribution in [3.8, 4) is 5.75 Å². The van der Waals surface area contributed by atoms with Crippen LogP contribution in [0, 0.1) is 12.8 Å². The molecule has 0 bridgehead atoms. The summed E-state index contributed by atoms with van der Waals surface area (Å²) in [6.07, 6.45) is 3.28. The van der Waals surface area contributed by atoms with Gasteiger partial charge < -0.3 is 24.9 Å². The Kier molecular flexibility index (Phi) is 7.17. The predicted octanol–water partition coefficient (Wildman–Crippen LogP) is 1.70. The zero-order valence-corrected chi connectivity index (χ0v) is 18.4. The summed E-state index contributed by atoms with van der Waals surface area (Å²) < 4.78 is 11.3. The molecule has 0 saturated carbocycles. The highest BCUT2D eigenvalue weighted by molar-refractivity contribution is 5.90. The van der Waals surface area contributed by atoms with Gasteiger partial charge in [-0.15, -0.1) is 0 Å². The highest BCUT2D eigenvalue weighted by Gasteiger charge is 2.24. The van der Waals surface area contributed by atoms with E-state index in [1.54, 1.807) is 26.0 Å². The SMILES string of the molecule is Cc1cc(OCC(=O)NCC(=O)NC(C(=O)O)C(C)C)c2c3c(c(=O)oc2c1)CCCC3. The summed E-state index contributed by atoms with van der Waals surface area (Å²) in [7, 11) is 0. The van der Waals surface area contributed by atoms with Crippen molar-refractivity contribution in [1.82, 2.24) is 10.6 Å². The number of carboxylic acids is 1. The first-order chi connectivity index (χ1) is 15.2. The van der Waals surface area contributed by atoms with E-state index >= 15 is 0 Å². The molecule has 1 aliphatic carbocycles. The van der Waals surface area contributed by atoms with Crippen LogP contribution in [0.5, 0.6) is 5.75 Å². The number of aliphatic carboxylic acids is 1. The van der Waals surface area contributed by atoms with Gasteiger partial charge in [0.2, 0.25) is 5.91 Å². The number of benzene rings is 1. The topological polar surface area (TPSA) is 135 Å². The van der Waals surface area contributed by atoms with Crippen LogP contribution in [0.3, 0.4) is 0 Å². The first-order valence-corrected chi connectivity index (χ1v) is 10.7. The van der Waals surface area contributed by atoms with Gasteiger partial charge in [0.25, 0.3) is 5.91 Å². The third-order valence-corrected chi connectivity index (χ3v) is 5.48. The number of carbonyl (C=O) groups is 3. The molecular formula is C23H28N2O7. The Morgan fingerprint density at radius 1 is 1.12 bits per heavy atom. The van der Waals surface area contributed by atoms with Crippen LogP contribution >= 0.6 is 0 Å². The Balaban J connectivity index is 1.68. The zero-order chi connectivity index (χ0) is 23.4. The van der Waals surface area contributed by atoms with Crippen molar-refractivity contribution in [2.45, 2.75) is 52.5 Å². The molecule has 0 fully saturated rings. The molecule has 172 valence electrons. The fraction of sp³-hybridized carbons (Fsp3) is 0.478. The number of fused-ring (bicyclic) bond motifs is 3. The molecule has 2 aromatic rings. The number of aryl methyl sites for hydroxylation is 2. The fourth-order valence-electron chi connectivity index (χ4n) is 3.89. The van der Waals surface area contributed by atoms with Crippen molar-refractivity contribution in [3.63, 3.8) is 0 Å². The standard InChI is InChI=1S/C23H28N2O7/c1-12(2)21(22(28)29)25-18(26)10-24-19(27)11-31-16-8-13(3)9-17-20(16)14-6-4-5-7-15(14)23(30)32-17/h8-9,12,21H,4-7,10-11H2,1-3H3,(H,24,27)(H,25,26)(H,28,29). The van der Waals surface area contributed by atoms with Gasteiger partial charge in [-0.2, -0.15) is 0 Å². The Labute approximate surface area is 185 Å². The summed E-state index contributed by atoms with van der Waals surface area (Å²) in [6.45, 7) is 4.49. The van der Waals surface area contributed by atoms with Crippen LogP contribution in [-0.4, -0.2) is 42.1 Å². The van der Waals surface area contributed by atoms with Gasteiger partial charge in [0.15, 0.2) is 6.61 Å². The van der Waals surface area contributed by atoms with Crippen LogP contribution < -0.4 is 21.0 Å². The Morgan fingerprint density at radius 3 is 2.47 bits per heavy atom. The van der Waals surface area contributed by atoms with Crippen LogP contribution in [0.2, 0.25) is 0 Å². The third kappa shape index (κ3) is 5.27. The summed E-state index contributed by atoms with van der Waals surface area (Å²) in [5, 5.41) is 14.7. The predicted molar refractivity (Wildman–Crippen MR) is 117 cm³/mol. The Hall–Kier alpha value is -3.36. The molecule has 0 radical (unpaired) electrons. The van der Waals surface area contributed by atoms with Gasteiger partial charge >= 0.3 is 11.6 Å². The van der Waals surface area contributed by atoms with E-state index in [1.807, 2.05) is 6.92 Å². The summed E-state index contributed by atoms with van der Waals surface area (Å²) in [5.74, 6) is -2.11. The molecule has 0 spiro atoms. The van der Waals surface area contributed by atoms with Gasteiger partial charge in [0.05, 0.1) is 11.9 Å². The molecule has 1 atom stereocenters. The summed E-state index contributed by atoms with van der Waals surface area (Å²) in [5.41, 5.74) is 2.49. The normalized spacial score (nSPS) is 14.0. The maximum atomic E-state index is 12.3. The molecule has 3 N–H and O–H groups in total. The minimum Gasteiger partial charge on any atom is -0.483 e. The van der Waals surface area contributed by atoms with Crippen molar-refractivity contribution in [3.05, 3.63) is 39.2 Å². The number of amides is 2. The van der Waals surface area contributed by atoms with E-state index in [-0.39, 0.29) is 24.7 Å². The molecule has 1 aliphatic rings. The molecule has 1 aromatic carbocycles. The van der Waals surface area contributed by atoms with E-state index in [0.29, 0.717) is 28.7 Å². The molecule has 1 unspecified atom stereocenters. The van der Waals surface area contributed by atoms with Gasteiger partial charge in [-0.05, 0) is 61.8 Å². The molecule has 2 amide bonds. The third-order valence-electron chi connectivity index (χ3n) is 5.48. The van der Waals surface area contributed by atoms with Crippen LogP contribution in [0.4, 0.5) is 0 Å². The number of carboxylic acid groups (broad SMARTS) is 1. The molecule has 3 rings (SSSR count). The minimum absolute atomic E-state index is 0.295. The second-order valence-electron chi connectivity index (χ2n) is 8.38. The lowest BCUT2D eigenvalue weighted by Gasteiger charge is -2.19. The van der Waals surface area contributed by atoms with Crippen LogP contribution in [0.25, 0.3) is 11.0 Å². The van der Waals surface area contributed by atoms with E-state index < -0.39 is 23.8 Å². The number of hydrogen-bond donors (Lipinski definition) is 3. The molecule has 32 heavy (non-hydrogen) atoms. The van der Waals surface area contributed by atoms with Crippen molar-refractivity contribution in [1.29, 1.82) is 0 Å². The second-order valence-corrected chi connectivity index (χ2v) is 8.38. The van der Waals surface area contributed by atoms with E-state index in [1.165, 1.54) is 0 Å². The molecular weight excluding hydrogens is 416 g/mol. The van der Waals surface area contributed by atoms with E-state index in [9.17, 15) is 19.2 Å². The highest BCUT2D eigenvalue weighted by Crippen LogP contribution is 2.34. The van der Waals surface area contributed by atoms with Crippen molar-refractivity contribution in [2.24, 2.45) is 5.92 Å². The van der Waals surface area contributed by atoms with Gasteiger partial charge in [-0.1, -0.05) is 13.8 Å². The molecule has 9 heteroatoms. The van der Waals surface area contributed by atoms with Gasteiger partial charge in [0, 0.05) is 5.56 Å². The van der Waals surface area contributed by atoms with Gasteiger partial charge in [-0.3, -0.25) is 9.59 Å². The van der Waals surface area contributed by atoms with Gasteiger partial charge in [0.1, 0.15) is 17.4 Å². The maximum absolute atomic E-state index is 12.3. The van der Waals surface area contributed by atoms with E-state index in [4.69, 9.17) is 14.3 Å². The quantitative estimate of drug-likeness (QED) is 0.528. The number of ether oxygens (including phenoxy) is 1. The molecule has 0 saturated heterocycles. The molecule has 1 heterocycles. The van der Waals surface area contributed by atoms with E-state index in [2.05, 4.69) is 10.6 Å². The fourth-order valence-corrected chi connectivity index (χ4v) is 3.89. The summed E-state index contributed by atoms with van der Waals surface area (Å²) in [4.78, 5) is 47.7. The largest absolute Gasteiger partial charge is 0.483 e. The monoisotopic (exact) mass is 444 g/mol. The summed E-state index contributed by atoms with van der Waals surface area (Å²) in [6, 6.07) is 2.53. The lowest BCUT2D eigenvalue weighted by atomic mass is 9.90. The number of rotatable bonds is 8. The average molecular weight is 444 g/mol. The Bertz CT molecular complexity index is 1100. The second kappa shape index (κ2) is 9.84. The number of carbonyl (C=O) groups excluding carboxylic acids is 2. The van der Waals surface area contributed by atoms with E-state index in [0.717, 1.165) is 30.4 Å². The first-order valence-electron chi connectivity index (χ1n) is 10.7. The molecule has 9 nitrogen and oxygen atoms in total. The lowest BCUT2D eigenvalue weighted by Crippen LogP contribution is -2.48. The first kappa shape index (κ1) is 23.3. The zero-order valence-electron chi connectivity index (χ0n) is 18.4. The number of hydrogen-bond acceptors (Lipinski definition) is 6. The van der Waals surface area contributed by atoms with Crippen molar-refractivity contribution in [2.75, 3.05) is 13.2 Å².